The largest absolute Gasteiger partial charge is 0.480 e. The summed E-state index contributed by atoms with van der Waals surface area (Å²) >= 11 is 3.96. The highest BCUT2D eigenvalue weighted by Gasteiger charge is 2.27. The van der Waals surface area contributed by atoms with E-state index in [0.29, 0.717) is 16.0 Å². The molecule has 0 radical (unpaired) electrons. The molecule has 0 spiro atoms. The van der Waals surface area contributed by atoms with E-state index in [9.17, 15) is 24.1 Å². The van der Waals surface area contributed by atoms with Gasteiger partial charge in [-0.05, 0) is 54.1 Å². The Balaban J connectivity index is 1.85. The normalized spacial score (nSPS) is 17.6. The average molecular weight is 494 g/mol. The maximum atomic E-state index is 14.2. The summed E-state index contributed by atoms with van der Waals surface area (Å²) in [5.41, 5.74) is 1.37. The summed E-state index contributed by atoms with van der Waals surface area (Å²) in [5.74, 6) is -2.35. The molecule has 1 atom stereocenters. The van der Waals surface area contributed by atoms with Crippen molar-refractivity contribution in [3.8, 4) is 0 Å². The van der Waals surface area contributed by atoms with E-state index in [0.717, 1.165) is 17.8 Å². The second-order valence-corrected chi connectivity index (χ2v) is 8.05. The van der Waals surface area contributed by atoms with Gasteiger partial charge >= 0.3 is 5.97 Å². The zero-order chi connectivity index (χ0) is 22.0. The summed E-state index contributed by atoms with van der Waals surface area (Å²) in [4.78, 5) is 37.0. The maximum Gasteiger partial charge on any atom is 0.321 e. The molecule has 1 aliphatic heterocycles. The molecule has 2 N–H and O–H groups in total. The molecular formula is C19H13BrFN3O5S. The van der Waals surface area contributed by atoms with Crippen LogP contribution >= 0.6 is 27.7 Å². The van der Waals surface area contributed by atoms with Crippen LogP contribution < -0.4 is 5.32 Å². The third-order valence-corrected chi connectivity index (χ3v) is 6.15. The topological polar surface area (TPSA) is 122 Å². The number of rotatable bonds is 5. The Labute approximate surface area is 182 Å². The smallest absolute Gasteiger partial charge is 0.321 e. The molecule has 0 saturated carbocycles. The number of thioether (sulfide) groups is 1. The number of carboxylic acids is 1. The summed E-state index contributed by atoms with van der Waals surface area (Å²) in [6.45, 7) is 1.71. The Hall–Kier alpha value is -3.05. The van der Waals surface area contributed by atoms with Crippen LogP contribution in [0.1, 0.15) is 22.9 Å². The van der Waals surface area contributed by atoms with Gasteiger partial charge in [0.1, 0.15) is 10.6 Å². The molecule has 1 saturated heterocycles. The molecule has 0 aliphatic carbocycles. The first-order chi connectivity index (χ1) is 14.2. The molecule has 1 heterocycles. The van der Waals surface area contributed by atoms with Crippen molar-refractivity contribution in [1.82, 2.24) is 5.32 Å². The van der Waals surface area contributed by atoms with Crippen molar-refractivity contribution in [1.29, 1.82) is 0 Å². The predicted octanol–water partition coefficient (Wildman–Crippen LogP) is 4.54. The Morgan fingerprint density at radius 1 is 1.30 bits per heavy atom. The highest BCUT2D eigenvalue weighted by Crippen LogP contribution is 2.34. The van der Waals surface area contributed by atoms with Gasteiger partial charge in [-0.3, -0.25) is 19.7 Å². The SMILES string of the molecule is C/C(=C1/SC(=Nc2ccc(C(Br)C(=O)O)c(F)c2)NC1=O)c1ccc([N+](=O)[O-])cc1. The van der Waals surface area contributed by atoms with E-state index in [1.807, 2.05) is 0 Å². The van der Waals surface area contributed by atoms with E-state index in [1.165, 1.54) is 24.3 Å². The van der Waals surface area contributed by atoms with Gasteiger partial charge in [-0.1, -0.05) is 22.0 Å². The van der Waals surface area contributed by atoms with E-state index < -0.39 is 27.4 Å². The van der Waals surface area contributed by atoms with Gasteiger partial charge < -0.3 is 10.4 Å². The lowest BCUT2D eigenvalue weighted by Crippen LogP contribution is -2.19. The molecule has 154 valence electrons. The zero-order valence-electron chi connectivity index (χ0n) is 15.3. The average Bonchev–Trinajstić information content (AvgIpc) is 3.07. The van der Waals surface area contributed by atoms with Gasteiger partial charge in [0, 0.05) is 17.7 Å². The number of nitro groups is 1. The first-order valence-corrected chi connectivity index (χ1v) is 10.1. The monoisotopic (exact) mass is 493 g/mol. The molecule has 0 aromatic heterocycles. The molecule has 3 rings (SSSR count). The number of carboxylic acid groups (broad SMARTS) is 1. The number of carbonyl (C=O) groups is 2. The number of alkyl halides is 1. The lowest BCUT2D eigenvalue weighted by Gasteiger charge is -2.07. The molecule has 11 heteroatoms. The van der Waals surface area contributed by atoms with Crippen molar-refractivity contribution in [2.24, 2.45) is 4.99 Å². The van der Waals surface area contributed by atoms with Crippen LogP contribution in [0.2, 0.25) is 0 Å². The van der Waals surface area contributed by atoms with Gasteiger partial charge in [-0.2, -0.15) is 0 Å². The standard InChI is InChI=1S/C19H13BrFN3O5S/c1-9(10-2-5-12(6-3-10)24(28)29)16-17(25)23-19(30-16)22-11-4-7-13(14(21)8-11)15(20)18(26)27/h2-8,15H,1H3,(H,26,27)(H,22,23,25)/b16-9-. The number of hydrogen-bond donors (Lipinski definition) is 2. The number of amides is 1. The number of aliphatic carboxylic acids is 1. The van der Waals surface area contributed by atoms with E-state index >= 15 is 0 Å². The number of nitro benzene ring substituents is 1. The predicted molar refractivity (Wildman–Crippen MR) is 114 cm³/mol. The number of non-ortho nitro benzene ring substituents is 1. The van der Waals surface area contributed by atoms with Crippen LogP contribution in [0.4, 0.5) is 15.8 Å². The number of allylic oxidation sites excluding steroid dienone is 1. The summed E-state index contributed by atoms with van der Waals surface area (Å²) < 4.78 is 14.2. The summed E-state index contributed by atoms with van der Waals surface area (Å²) in [6.07, 6.45) is 0. The molecule has 1 unspecified atom stereocenters. The lowest BCUT2D eigenvalue weighted by molar-refractivity contribution is -0.384. The number of halogens is 2. The Bertz CT molecular complexity index is 1120. The Kier molecular flexibility index (Phi) is 6.32. The summed E-state index contributed by atoms with van der Waals surface area (Å²) in [5, 5.41) is 22.6. The zero-order valence-corrected chi connectivity index (χ0v) is 17.7. The summed E-state index contributed by atoms with van der Waals surface area (Å²) in [6, 6.07) is 9.64. The van der Waals surface area contributed by atoms with Crippen molar-refractivity contribution >= 4 is 61.7 Å². The third-order valence-electron chi connectivity index (χ3n) is 4.18. The number of carbonyl (C=O) groups excluding carboxylic acids is 1. The third kappa shape index (κ3) is 4.57. The highest BCUT2D eigenvalue weighted by atomic mass is 79.9. The van der Waals surface area contributed by atoms with Gasteiger partial charge in [0.15, 0.2) is 5.17 Å². The Morgan fingerprint density at radius 2 is 1.97 bits per heavy atom. The minimum absolute atomic E-state index is 0.0378. The minimum atomic E-state index is -1.22. The summed E-state index contributed by atoms with van der Waals surface area (Å²) in [7, 11) is 0. The molecular weight excluding hydrogens is 481 g/mol. The molecule has 2 aromatic carbocycles. The van der Waals surface area contributed by atoms with Crippen LogP contribution in [0.15, 0.2) is 52.4 Å². The fourth-order valence-electron chi connectivity index (χ4n) is 2.63. The van der Waals surface area contributed by atoms with Crippen molar-refractivity contribution in [2.45, 2.75) is 11.8 Å². The quantitative estimate of drug-likeness (QED) is 0.273. The fourth-order valence-corrected chi connectivity index (χ4v) is 3.90. The number of benzene rings is 2. The molecule has 8 nitrogen and oxygen atoms in total. The van der Waals surface area contributed by atoms with Crippen LogP contribution in [0, 0.1) is 15.9 Å². The number of nitrogens with zero attached hydrogens (tertiary/aromatic N) is 2. The number of amidine groups is 1. The van der Waals surface area contributed by atoms with E-state index in [4.69, 9.17) is 5.11 Å². The van der Waals surface area contributed by atoms with Crippen LogP contribution in [0.3, 0.4) is 0 Å². The molecule has 0 bridgehead atoms. The Morgan fingerprint density at radius 3 is 2.53 bits per heavy atom. The van der Waals surface area contributed by atoms with Gasteiger partial charge in [0.05, 0.1) is 15.5 Å². The molecule has 1 amide bonds. The minimum Gasteiger partial charge on any atom is -0.480 e. The van der Waals surface area contributed by atoms with Crippen LogP contribution in [-0.4, -0.2) is 27.1 Å². The van der Waals surface area contributed by atoms with Crippen molar-refractivity contribution < 1.29 is 24.0 Å². The molecule has 1 aliphatic rings. The van der Waals surface area contributed by atoms with Crippen LogP contribution in [-0.2, 0) is 9.59 Å². The van der Waals surface area contributed by atoms with Crippen LogP contribution in [0.5, 0.6) is 0 Å². The van der Waals surface area contributed by atoms with Crippen molar-refractivity contribution in [2.75, 3.05) is 0 Å². The fraction of sp³-hybridized carbons (Fsp3) is 0.105. The van der Waals surface area contributed by atoms with E-state index in [2.05, 4.69) is 26.2 Å². The van der Waals surface area contributed by atoms with Crippen molar-refractivity contribution in [3.63, 3.8) is 0 Å². The van der Waals surface area contributed by atoms with E-state index in [-0.39, 0.29) is 22.1 Å². The second-order valence-electron chi connectivity index (χ2n) is 6.14. The highest BCUT2D eigenvalue weighted by molar-refractivity contribution is 9.09. The second kappa shape index (κ2) is 8.76. The number of nitrogens with one attached hydrogen (secondary N) is 1. The maximum absolute atomic E-state index is 14.2. The van der Waals surface area contributed by atoms with Gasteiger partial charge in [0.25, 0.3) is 11.6 Å². The lowest BCUT2D eigenvalue weighted by atomic mass is 10.1. The van der Waals surface area contributed by atoms with Crippen LogP contribution in [0.25, 0.3) is 5.57 Å². The molecule has 1 fully saturated rings. The molecule has 30 heavy (non-hydrogen) atoms. The van der Waals surface area contributed by atoms with Crippen molar-refractivity contribution in [3.05, 3.63) is 74.4 Å². The van der Waals surface area contributed by atoms with Gasteiger partial charge in [-0.25, -0.2) is 9.38 Å². The first kappa shape index (κ1) is 21.7. The van der Waals surface area contributed by atoms with Gasteiger partial charge in [-0.15, -0.1) is 0 Å². The number of hydrogen-bond acceptors (Lipinski definition) is 6. The van der Waals surface area contributed by atoms with E-state index in [1.54, 1.807) is 19.1 Å². The first-order valence-electron chi connectivity index (χ1n) is 8.37. The number of aliphatic imine (C=N–C) groups is 1. The van der Waals surface area contributed by atoms with Gasteiger partial charge in [0.2, 0.25) is 0 Å². The molecule has 2 aromatic rings.